The molecule has 0 saturated carbocycles. The average molecular weight is 364 g/mol. The highest BCUT2D eigenvalue weighted by Gasteiger charge is 2.20. The normalized spacial score (nSPS) is 11.1. The fourth-order valence-electron chi connectivity index (χ4n) is 3.39. The summed E-state index contributed by atoms with van der Waals surface area (Å²) < 4.78 is 22.9. The number of aryl methyl sites for hydroxylation is 2. The maximum absolute atomic E-state index is 14.8. The fraction of sp³-hybridized carbons (Fsp3) is 0.150. The van der Waals surface area contributed by atoms with E-state index in [9.17, 15) is 9.18 Å². The molecule has 0 N–H and O–H groups in total. The molecular formula is C20H17FN4O2. The highest BCUT2D eigenvalue weighted by molar-refractivity contribution is 5.88. The van der Waals surface area contributed by atoms with Gasteiger partial charge in [0, 0.05) is 23.0 Å². The van der Waals surface area contributed by atoms with Gasteiger partial charge in [-0.2, -0.15) is 9.78 Å². The second-order valence-electron chi connectivity index (χ2n) is 6.14. The second-order valence-corrected chi connectivity index (χ2v) is 6.14. The molecule has 136 valence electrons. The van der Waals surface area contributed by atoms with E-state index in [1.54, 1.807) is 60.3 Å². The van der Waals surface area contributed by atoms with Crippen molar-refractivity contribution in [2.75, 3.05) is 7.11 Å². The van der Waals surface area contributed by atoms with Crippen LogP contribution in [0.15, 0.2) is 53.6 Å². The lowest BCUT2D eigenvalue weighted by Crippen LogP contribution is -2.21. The number of hydrogen-bond donors (Lipinski definition) is 0. The summed E-state index contributed by atoms with van der Waals surface area (Å²) in [6, 6.07) is 10.2. The molecule has 0 radical (unpaired) electrons. The van der Waals surface area contributed by atoms with E-state index < -0.39 is 5.82 Å². The van der Waals surface area contributed by atoms with Crippen molar-refractivity contribution in [3.05, 3.63) is 76.4 Å². The zero-order valence-electron chi connectivity index (χ0n) is 15.1. The molecule has 4 aromatic rings. The van der Waals surface area contributed by atoms with E-state index in [2.05, 4.69) is 10.1 Å². The lowest BCUT2D eigenvalue weighted by molar-refractivity contribution is 0.385. The van der Waals surface area contributed by atoms with Crippen LogP contribution in [0.2, 0.25) is 0 Å². The highest BCUT2D eigenvalue weighted by atomic mass is 19.1. The molecule has 0 unspecified atom stereocenters. The zero-order valence-corrected chi connectivity index (χ0v) is 15.1. The number of hydrogen-bond acceptors (Lipinski definition) is 4. The first-order valence-electron chi connectivity index (χ1n) is 8.38. The quantitative estimate of drug-likeness (QED) is 0.559. The van der Waals surface area contributed by atoms with Gasteiger partial charge in [0.05, 0.1) is 24.4 Å². The van der Waals surface area contributed by atoms with Crippen LogP contribution in [0.25, 0.3) is 22.3 Å². The molecule has 1 aromatic carbocycles. The summed E-state index contributed by atoms with van der Waals surface area (Å²) in [5.74, 6) is 0.0966. The number of benzene rings is 1. The Balaban J connectivity index is 2.03. The van der Waals surface area contributed by atoms with Gasteiger partial charge in [0.15, 0.2) is 17.4 Å². The van der Waals surface area contributed by atoms with Crippen LogP contribution in [0.4, 0.5) is 4.39 Å². The number of pyridine rings is 1. The van der Waals surface area contributed by atoms with Gasteiger partial charge in [-0.1, -0.05) is 12.1 Å². The average Bonchev–Trinajstić information content (AvgIpc) is 2.94. The number of nitrogens with zero attached hydrogens (tertiary/aromatic N) is 4. The number of ether oxygens (including phenoxy) is 1. The van der Waals surface area contributed by atoms with Crippen LogP contribution < -0.4 is 10.3 Å². The van der Waals surface area contributed by atoms with Gasteiger partial charge in [-0.15, -0.1) is 0 Å². The Morgan fingerprint density at radius 3 is 2.59 bits per heavy atom. The maximum atomic E-state index is 14.8. The topological polar surface area (TPSA) is 61.9 Å². The first kappa shape index (κ1) is 17.0. The van der Waals surface area contributed by atoms with Crippen LogP contribution in [0.3, 0.4) is 0 Å². The minimum absolute atomic E-state index is 0.146. The minimum Gasteiger partial charge on any atom is -0.494 e. The number of halogens is 1. The first-order valence-corrected chi connectivity index (χ1v) is 8.38. The van der Waals surface area contributed by atoms with Crippen LogP contribution in [0.1, 0.15) is 11.4 Å². The van der Waals surface area contributed by atoms with Crippen molar-refractivity contribution < 1.29 is 9.13 Å². The molecule has 0 bridgehead atoms. The van der Waals surface area contributed by atoms with E-state index in [1.165, 1.54) is 11.8 Å². The summed E-state index contributed by atoms with van der Waals surface area (Å²) in [4.78, 5) is 17.3. The van der Waals surface area contributed by atoms with E-state index in [4.69, 9.17) is 4.74 Å². The molecule has 0 atom stereocenters. The summed E-state index contributed by atoms with van der Waals surface area (Å²) in [5.41, 5.74) is 1.39. The van der Waals surface area contributed by atoms with E-state index in [-0.39, 0.29) is 11.3 Å². The van der Waals surface area contributed by atoms with Gasteiger partial charge in [0.1, 0.15) is 0 Å². The molecule has 0 fully saturated rings. The van der Waals surface area contributed by atoms with E-state index in [1.807, 2.05) is 6.92 Å². The van der Waals surface area contributed by atoms with Crippen molar-refractivity contribution in [2.24, 2.45) is 0 Å². The lowest BCUT2D eigenvalue weighted by Gasteiger charge is -2.12. The van der Waals surface area contributed by atoms with Gasteiger partial charge in [-0.05, 0) is 38.1 Å². The van der Waals surface area contributed by atoms with Crippen molar-refractivity contribution in [1.29, 1.82) is 0 Å². The molecule has 0 spiro atoms. The van der Waals surface area contributed by atoms with Gasteiger partial charge in [-0.25, -0.2) is 9.37 Å². The van der Waals surface area contributed by atoms with Gasteiger partial charge in [0.25, 0.3) is 5.56 Å². The highest BCUT2D eigenvalue weighted by Crippen LogP contribution is 2.30. The Kier molecular flexibility index (Phi) is 3.99. The maximum Gasteiger partial charge on any atom is 0.282 e. The zero-order chi connectivity index (χ0) is 19.1. The summed E-state index contributed by atoms with van der Waals surface area (Å²) in [6.07, 6.45) is 3.21. The largest absolute Gasteiger partial charge is 0.494 e. The van der Waals surface area contributed by atoms with Gasteiger partial charge in [-0.3, -0.25) is 4.79 Å². The lowest BCUT2D eigenvalue weighted by atomic mass is 10.2. The predicted molar refractivity (Wildman–Crippen MR) is 100 cm³/mol. The molecule has 0 saturated heterocycles. The Bertz CT molecular complexity index is 1210. The van der Waals surface area contributed by atoms with Crippen LogP contribution in [-0.2, 0) is 0 Å². The summed E-state index contributed by atoms with van der Waals surface area (Å²) >= 11 is 0. The van der Waals surface area contributed by atoms with E-state index >= 15 is 0 Å². The van der Waals surface area contributed by atoms with Crippen LogP contribution >= 0.6 is 0 Å². The van der Waals surface area contributed by atoms with Gasteiger partial charge >= 0.3 is 0 Å². The first-order chi connectivity index (χ1) is 13.0. The second kappa shape index (κ2) is 6.35. The third-order valence-corrected chi connectivity index (χ3v) is 4.67. The molecule has 6 nitrogen and oxygen atoms in total. The molecule has 0 aliphatic heterocycles. The Labute approximate surface area is 154 Å². The van der Waals surface area contributed by atoms with E-state index in [0.29, 0.717) is 28.0 Å². The molecule has 0 aliphatic rings. The van der Waals surface area contributed by atoms with Crippen molar-refractivity contribution in [3.8, 4) is 17.3 Å². The number of fused-ring (bicyclic) bond motifs is 1. The predicted octanol–water partition coefficient (Wildman–Crippen LogP) is 3.34. The van der Waals surface area contributed by atoms with Crippen LogP contribution in [0.5, 0.6) is 5.75 Å². The van der Waals surface area contributed by atoms with Gasteiger partial charge < -0.3 is 9.30 Å². The third kappa shape index (κ3) is 2.51. The standard InChI is InChI=1S/C20H17FN4O2/c1-12-14-11-23-25(17-9-4-5-10-22-17)20(26)18(14)13(2)24(12)15-7-6-8-16(27-3)19(15)21/h4-11H,1-3H3. The fourth-order valence-corrected chi connectivity index (χ4v) is 3.39. The Morgan fingerprint density at radius 1 is 1.07 bits per heavy atom. The van der Waals surface area contributed by atoms with E-state index in [0.717, 1.165) is 5.69 Å². The third-order valence-electron chi connectivity index (χ3n) is 4.67. The van der Waals surface area contributed by atoms with Crippen molar-refractivity contribution in [1.82, 2.24) is 19.3 Å². The molecular weight excluding hydrogens is 347 g/mol. The molecule has 7 heteroatoms. The van der Waals surface area contributed by atoms with Gasteiger partial charge in [0.2, 0.25) is 0 Å². The van der Waals surface area contributed by atoms with Crippen molar-refractivity contribution in [3.63, 3.8) is 0 Å². The van der Waals surface area contributed by atoms with Crippen LogP contribution in [0, 0.1) is 19.7 Å². The molecule has 3 aromatic heterocycles. The SMILES string of the molecule is COc1cccc(-n2c(C)c3cnn(-c4ccccn4)c(=O)c3c2C)c1F. The molecule has 0 aliphatic carbocycles. The number of rotatable bonds is 3. The summed E-state index contributed by atoms with van der Waals surface area (Å²) in [5, 5.41) is 5.41. The Morgan fingerprint density at radius 2 is 1.89 bits per heavy atom. The molecule has 27 heavy (non-hydrogen) atoms. The molecule has 3 heterocycles. The van der Waals surface area contributed by atoms with Crippen molar-refractivity contribution in [2.45, 2.75) is 13.8 Å². The molecule has 0 amide bonds. The number of methoxy groups -OCH3 is 1. The minimum atomic E-state index is -0.482. The molecule has 4 rings (SSSR count). The smallest absolute Gasteiger partial charge is 0.282 e. The summed E-state index contributed by atoms with van der Waals surface area (Å²) in [7, 11) is 1.42. The van der Waals surface area contributed by atoms with Crippen molar-refractivity contribution >= 4 is 10.8 Å². The Hall–Kier alpha value is -3.48. The van der Waals surface area contributed by atoms with Crippen LogP contribution in [-0.4, -0.2) is 26.4 Å². The number of aromatic nitrogens is 4. The monoisotopic (exact) mass is 364 g/mol. The summed E-state index contributed by atoms with van der Waals surface area (Å²) in [6.45, 7) is 3.62.